The summed E-state index contributed by atoms with van der Waals surface area (Å²) in [5.74, 6) is 0.525. The fourth-order valence-electron chi connectivity index (χ4n) is 5.20. The summed E-state index contributed by atoms with van der Waals surface area (Å²) in [5.41, 5.74) is 2.53. The van der Waals surface area contributed by atoms with Gasteiger partial charge in [-0.1, -0.05) is 6.92 Å². The highest BCUT2D eigenvalue weighted by Crippen LogP contribution is 2.29. The molecule has 2 amide bonds. The molecule has 4 rings (SSSR count). The number of hydrogen-bond donors (Lipinski definition) is 2. The van der Waals surface area contributed by atoms with Crippen LogP contribution in [-0.2, 0) is 27.3 Å². The molecule has 3 heterocycles. The zero-order valence-corrected chi connectivity index (χ0v) is 23.9. The lowest BCUT2D eigenvalue weighted by Crippen LogP contribution is -2.47. The number of ether oxygens (including phenoxy) is 2. The highest BCUT2D eigenvalue weighted by atomic mass is 16.5. The summed E-state index contributed by atoms with van der Waals surface area (Å²) in [7, 11) is 2.05. The number of benzene rings is 1. The zero-order chi connectivity index (χ0) is 28.5. The van der Waals surface area contributed by atoms with Crippen LogP contribution < -0.4 is 10.1 Å². The van der Waals surface area contributed by atoms with Gasteiger partial charge in [0.1, 0.15) is 11.9 Å². The summed E-state index contributed by atoms with van der Waals surface area (Å²) in [4.78, 5) is 36.4. The van der Waals surface area contributed by atoms with Gasteiger partial charge >= 0.3 is 0 Å². The molecule has 0 unspecified atom stereocenters. The molecule has 0 saturated carbocycles. The van der Waals surface area contributed by atoms with Crippen molar-refractivity contribution in [1.29, 1.82) is 0 Å². The Morgan fingerprint density at radius 2 is 1.98 bits per heavy atom. The molecule has 0 aliphatic carbocycles. The number of fused-ring (bicyclic) bond motifs is 1. The number of likely N-dealkylation sites (N-methyl/N-ethyl adjacent to an activating group) is 1. The van der Waals surface area contributed by atoms with Crippen LogP contribution in [0.15, 0.2) is 42.7 Å². The predicted molar refractivity (Wildman–Crippen MR) is 153 cm³/mol. The number of carbonyl (C=O) groups is 2. The Balaban J connectivity index is 1.50. The van der Waals surface area contributed by atoms with Crippen LogP contribution in [0.5, 0.6) is 5.75 Å². The topological polar surface area (TPSA) is 107 Å². The third-order valence-corrected chi connectivity index (χ3v) is 7.65. The van der Waals surface area contributed by atoms with Crippen molar-refractivity contribution in [2.24, 2.45) is 5.92 Å². The van der Waals surface area contributed by atoms with Crippen LogP contribution in [0.3, 0.4) is 0 Å². The molecule has 40 heavy (non-hydrogen) atoms. The lowest BCUT2D eigenvalue weighted by atomic mass is 10.0. The summed E-state index contributed by atoms with van der Waals surface area (Å²) in [6.07, 6.45) is 3.90. The maximum atomic E-state index is 13.4. The summed E-state index contributed by atoms with van der Waals surface area (Å²) in [6.45, 7) is 9.47. The average Bonchev–Trinajstić information content (AvgIpc) is 3.00. The molecule has 1 aromatic heterocycles. The van der Waals surface area contributed by atoms with Gasteiger partial charge in [0.25, 0.3) is 0 Å². The number of aliphatic hydroxyl groups is 1. The smallest absolute Gasteiger partial charge is 0.227 e. The fraction of sp³-hybridized carbons (Fsp3) is 0.567. The van der Waals surface area contributed by atoms with Gasteiger partial charge in [0, 0.05) is 75.3 Å². The second kappa shape index (κ2) is 14.5. The van der Waals surface area contributed by atoms with E-state index in [1.54, 1.807) is 17.3 Å². The quantitative estimate of drug-likeness (QED) is 0.460. The van der Waals surface area contributed by atoms with E-state index in [0.29, 0.717) is 50.7 Å². The summed E-state index contributed by atoms with van der Waals surface area (Å²) in [6, 6.07) is 9.22. The molecule has 0 bridgehead atoms. The van der Waals surface area contributed by atoms with Crippen molar-refractivity contribution >= 4 is 17.5 Å². The van der Waals surface area contributed by atoms with Gasteiger partial charge in [-0.15, -0.1) is 0 Å². The van der Waals surface area contributed by atoms with Crippen LogP contribution in [0, 0.1) is 5.92 Å². The Morgan fingerprint density at radius 3 is 2.70 bits per heavy atom. The van der Waals surface area contributed by atoms with Crippen molar-refractivity contribution in [3.05, 3.63) is 53.9 Å². The van der Waals surface area contributed by atoms with E-state index in [0.717, 1.165) is 30.8 Å². The van der Waals surface area contributed by atoms with Crippen molar-refractivity contribution < 1.29 is 24.2 Å². The Kier molecular flexibility index (Phi) is 10.9. The number of morpholine rings is 1. The molecule has 2 aliphatic rings. The lowest BCUT2D eigenvalue weighted by Gasteiger charge is -2.34. The number of anilines is 1. The predicted octanol–water partition coefficient (Wildman–Crippen LogP) is 2.02. The van der Waals surface area contributed by atoms with Crippen LogP contribution in [-0.4, -0.2) is 108 Å². The lowest BCUT2D eigenvalue weighted by molar-refractivity contribution is -0.134. The molecule has 0 radical (unpaired) electrons. The average molecular weight is 554 g/mol. The van der Waals surface area contributed by atoms with Crippen LogP contribution in [0.2, 0.25) is 0 Å². The molecule has 0 spiro atoms. The van der Waals surface area contributed by atoms with Crippen LogP contribution in [0.1, 0.15) is 31.4 Å². The first-order valence-electron chi connectivity index (χ1n) is 14.2. The van der Waals surface area contributed by atoms with E-state index in [2.05, 4.69) is 34.1 Å². The number of nitrogens with one attached hydrogen (secondary N) is 1. The molecule has 1 fully saturated rings. The molecule has 3 atom stereocenters. The van der Waals surface area contributed by atoms with E-state index in [-0.39, 0.29) is 42.9 Å². The minimum Gasteiger partial charge on any atom is -0.488 e. The third-order valence-electron chi connectivity index (χ3n) is 7.65. The van der Waals surface area contributed by atoms with E-state index in [4.69, 9.17) is 9.47 Å². The standard InChI is InChI=1S/C30H43N5O5/c1-22-18-35(23(2)21-36)30(38)17-25-16-26(32-29(37)8-11-34-12-14-39-15-13-34)4-5-27(25)40-28(22)20-33(3)19-24-6-9-31-10-7-24/h4-7,9-10,16,22-23,28,36H,8,11-15,17-21H2,1-3H3,(H,32,37)/t22-,23+,28+/m0/s1. The zero-order valence-electron chi connectivity index (χ0n) is 23.9. The summed E-state index contributed by atoms with van der Waals surface area (Å²) in [5, 5.41) is 12.9. The van der Waals surface area contributed by atoms with Gasteiger partial charge in [0.2, 0.25) is 11.8 Å². The molecular formula is C30H43N5O5. The number of carbonyl (C=O) groups excluding carboxylic acids is 2. The van der Waals surface area contributed by atoms with E-state index < -0.39 is 0 Å². The fourth-order valence-corrected chi connectivity index (χ4v) is 5.20. The first kappa shape index (κ1) is 29.9. The van der Waals surface area contributed by atoms with Crippen LogP contribution >= 0.6 is 0 Å². The van der Waals surface area contributed by atoms with E-state index >= 15 is 0 Å². The second-order valence-corrected chi connectivity index (χ2v) is 11.0. The normalized spacial score (nSPS) is 21.1. The number of aliphatic hydroxyl groups excluding tert-OH is 1. The van der Waals surface area contributed by atoms with E-state index in [1.807, 2.05) is 37.3 Å². The minimum absolute atomic E-state index is 0.0170. The van der Waals surface area contributed by atoms with Crippen LogP contribution in [0.25, 0.3) is 0 Å². The molecule has 1 saturated heterocycles. The molecule has 1 aromatic carbocycles. The van der Waals surface area contributed by atoms with Crippen LogP contribution in [0.4, 0.5) is 5.69 Å². The molecular weight excluding hydrogens is 510 g/mol. The van der Waals surface area contributed by atoms with Gasteiger partial charge in [0.05, 0.1) is 32.3 Å². The molecule has 10 heteroatoms. The Hall–Kier alpha value is -3.05. The molecule has 218 valence electrons. The SMILES string of the molecule is C[C@H](CO)N1C[C@H](C)[C@@H](CN(C)Cc2ccncc2)Oc2ccc(NC(=O)CCN3CCOCC3)cc2CC1=O. The highest BCUT2D eigenvalue weighted by molar-refractivity contribution is 5.91. The summed E-state index contributed by atoms with van der Waals surface area (Å²) < 4.78 is 12.0. The Morgan fingerprint density at radius 1 is 1.23 bits per heavy atom. The maximum Gasteiger partial charge on any atom is 0.227 e. The van der Waals surface area contributed by atoms with Gasteiger partial charge in [-0.05, 0) is 49.9 Å². The molecule has 2 aromatic rings. The van der Waals surface area contributed by atoms with E-state index in [1.165, 1.54) is 0 Å². The number of amides is 2. The number of rotatable bonds is 10. The monoisotopic (exact) mass is 553 g/mol. The van der Waals surface area contributed by atoms with Gasteiger partial charge in [-0.2, -0.15) is 0 Å². The number of hydrogen-bond acceptors (Lipinski definition) is 8. The Labute approximate surface area is 237 Å². The van der Waals surface area contributed by atoms with Gasteiger partial charge in [0.15, 0.2) is 0 Å². The molecule has 10 nitrogen and oxygen atoms in total. The van der Waals surface area contributed by atoms with Gasteiger partial charge < -0.3 is 24.8 Å². The largest absolute Gasteiger partial charge is 0.488 e. The maximum absolute atomic E-state index is 13.4. The number of nitrogens with zero attached hydrogens (tertiary/aromatic N) is 4. The minimum atomic E-state index is -0.310. The van der Waals surface area contributed by atoms with Gasteiger partial charge in [-0.25, -0.2) is 0 Å². The first-order chi connectivity index (χ1) is 19.3. The first-order valence-corrected chi connectivity index (χ1v) is 14.2. The highest BCUT2D eigenvalue weighted by Gasteiger charge is 2.31. The second-order valence-electron chi connectivity index (χ2n) is 11.0. The van der Waals surface area contributed by atoms with E-state index in [9.17, 15) is 14.7 Å². The molecule has 2 N–H and O–H groups in total. The van der Waals surface area contributed by atoms with Gasteiger partial charge in [-0.3, -0.25) is 24.4 Å². The van der Waals surface area contributed by atoms with Crippen molar-refractivity contribution in [2.45, 2.75) is 45.4 Å². The molecule has 2 aliphatic heterocycles. The van der Waals surface area contributed by atoms with Crippen molar-refractivity contribution in [3.63, 3.8) is 0 Å². The number of pyridine rings is 1. The third kappa shape index (κ3) is 8.47. The number of aromatic nitrogens is 1. The van der Waals surface area contributed by atoms with Crippen molar-refractivity contribution in [3.8, 4) is 5.75 Å². The Bertz CT molecular complexity index is 1110. The summed E-state index contributed by atoms with van der Waals surface area (Å²) >= 11 is 0. The van der Waals surface area contributed by atoms with Crippen molar-refractivity contribution in [2.75, 3.05) is 64.9 Å². The van der Waals surface area contributed by atoms with Crippen molar-refractivity contribution in [1.82, 2.24) is 19.7 Å².